The molecule has 0 saturated heterocycles. The molecule has 1 aromatic heterocycles. The van der Waals surface area contributed by atoms with Crippen LogP contribution >= 0.6 is 23.2 Å². The summed E-state index contributed by atoms with van der Waals surface area (Å²) in [6.45, 7) is 0. The number of hydrogen-bond donors (Lipinski definition) is 0. The molecule has 0 aliphatic carbocycles. The molecular formula is C10H7Cl2NO. The second-order valence-electron chi connectivity index (χ2n) is 2.79. The number of rotatable bonds is 1. The summed E-state index contributed by atoms with van der Waals surface area (Å²) in [5.74, 6) is 0.744. The lowest BCUT2D eigenvalue weighted by Crippen LogP contribution is -1.87. The van der Waals surface area contributed by atoms with Crippen LogP contribution in [0.3, 0.4) is 0 Å². The van der Waals surface area contributed by atoms with E-state index in [2.05, 4.69) is 4.98 Å². The van der Waals surface area contributed by atoms with Gasteiger partial charge in [-0.1, -0.05) is 35.3 Å². The fourth-order valence-corrected chi connectivity index (χ4v) is 1.85. The Hall–Kier alpha value is -0.990. The average Bonchev–Trinajstić information content (AvgIpc) is 2.17. The zero-order valence-corrected chi connectivity index (χ0v) is 8.93. The van der Waals surface area contributed by atoms with Crippen molar-refractivity contribution < 1.29 is 4.74 Å². The van der Waals surface area contributed by atoms with Gasteiger partial charge in [-0.3, -0.25) is 0 Å². The quantitative estimate of drug-likeness (QED) is 0.696. The van der Waals surface area contributed by atoms with Crippen LogP contribution in [0.1, 0.15) is 0 Å². The Morgan fingerprint density at radius 3 is 2.71 bits per heavy atom. The Labute approximate surface area is 91.4 Å². The summed E-state index contributed by atoms with van der Waals surface area (Å²) in [6.07, 6.45) is 0. The molecule has 1 heterocycles. The van der Waals surface area contributed by atoms with E-state index in [1.807, 2.05) is 18.2 Å². The van der Waals surface area contributed by atoms with E-state index in [0.717, 1.165) is 16.5 Å². The van der Waals surface area contributed by atoms with E-state index in [-0.39, 0.29) is 0 Å². The average molecular weight is 228 g/mol. The van der Waals surface area contributed by atoms with Crippen molar-refractivity contribution in [3.63, 3.8) is 0 Å². The number of hydrogen-bond acceptors (Lipinski definition) is 2. The van der Waals surface area contributed by atoms with Crippen LogP contribution < -0.4 is 4.74 Å². The van der Waals surface area contributed by atoms with E-state index in [4.69, 9.17) is 27.9 Å². The number of ether oxygens (including phenoxy) is 1. The van der Waals surface area contributed by atoms with Crippen molar-refractivity contribution in [2.45, 2.75) is 0 Å². The molecule has 2 rings (SSSR count). The fourth-order valence-electron chi connectivity index (χ4n) is 1.36. The second-order valence-corrected chi connectivity index (χ2v) is 3.54. The summed E-state index contributed by atoms with van der Waals surface area (Å²) in [7, 11) is 1.61. The maximum absolute atomic E-state index is 5.94. The molecule has 0 unspecified atom stereocenters. The zero-order valence-electron chi connectivity index (χ0n) is 7.42. The second kappa shape index (κ2) is 3.64. The van der Waals surface area contributed by atoms with Crippen molar-refractivity contribution in [1.29, 1.82) is 0 Å². The fraction of sp³-hybridized carbons (Fsp3) is 0.100. The summed E-state index contributed by atoms with van der Waals surface area (Å²) >= 11 is 11.7. The van der Waals surface area contributed by atoms with Crippen LogP contribution in [0.15, 0.2) is 24.3 Å². The van der Waals surface area contributed by atoms with Gasteiger partial charge in [0.05, 0.1) is 7.11 Å². The lowest BCUT2D eigenvalue weighted by Gasteiger charge is -2.05. The highest BCUT2D eigenvalue weighted by molar-refractivity contribution is 6.36. The minimum absolute atomic E-state index is 0.368. The van der Waals surface area contributed by atoms with Crippen LogP contribution in [0.4, 0.5) is 0 Å². The Morgan fingerprint density at radius 2 is 2.00 bits per heavy atom. The normalized spacial score (nSPS) is 10.5. The molecule has 72 valence electrons. The van der Waals surface area contributed by atoms with Gasteiger partial charge >= 0.3 is 0 Å². The third-order valence-corrected chi connectivity index (χ3v) is 2.46. The first-order chi connectivity index (χ1) is 6.72. The third-order valence-electron chi connectivity index (χ3n) is 1.98. The molecule has 2 aromatic rings. The Morgan fingerprint density at radius 1 is 1.21 bits per heavy atom. The monoisotopic (exact) mass is 227 g/mol. The molecule has 2 nitrogen and oxygen atoms in total. The van der Waals surface area contributed by atoms with Gasteiger partial charge < -0.3 is 4.74 Å². The van der Waals surface area contributed by atoms with Crippen LogP contribution in [-0.2, 0) is 0 Å². The molecule has 0 saturated carbocycles. The van der Waals surface area contributed by atoms with Gasteiger partial charge in [0.25, 0.3) is 0 Å². The molecule has 0 aliphatic rings. The topological polar surface area (TPSA) is 22.1 Å². The summed E-state index contributed by atoms with van der Waals surface area (Å²) in [6, 6.07) is 7.34. The minimum Gasteiger partial charge on any atom is -0.496 e. The zero-order chi connectivity index (χ0) is 10.1. The molecular weight excluding hydrogens is 221 g/mol. The van der Waals surface area contributed by atoms with E-state index in [1.54, 1.807) is 13.2 Å². The van der Waals surface area contributed by atoms with Gasteiger partial charge in [0.1, 0.15) is 16.1 Å². The molecule has 0 bridgehead atoms. The van der Waals surface area contributed by atoms with Crippen LogP contribution in [0.25, 0.3) is 10.8 Å². The van der Waals surface area contributed by atoms with E-state index in [9.17, 15) is 0 Å². The van der Waals surface area contributed by atoms with Crippen LogP contribution in [0.2, 0.25) is 10.3 Å². The number of fused-ring (bicyclic) bond motifs is 1. The van der Waals surface area contributed by atoms with Gasteiger partial charge in [0, 0.05) is 10.8 Å². The van der Waals surface area contributed by atoms with Crippen LogP contribution in [0, 0.1) is 0 Å². The lowest BCUT2D eigenvalue weighted by molar-refractivity contribution is 0.420. The predicted octanol–water partition coefficient (Wildman–Crippen LogP) is 3.55. The summed E-state index contributed by atoms with van der Waals surface area (Å²) in [4.78, 5) is 3.95. The maximum Gasteiger partial charge on any atom is 0.138 e. The molecule has 1 aromatic carbocycles. The Bertz CT molecular complexity index is 485. The molecule has 0 radical (unpaired) electrons. The number of benzene rings is 1. The largest absolute Gasteiger partial charge is 0.496 e. The van der Waals surface area contributed by atoms with Crippen LogP contribution in [0.5, 0.6) is 5.75 Å². The molecule has 0 spiro atoms. The number of methoxy groups -OCH3 is 1. The Kier molecular flexibility index (Phi) is 2.48. The first-order valence-electron chi connectivity index (χ1n) is 4.01. The van der Waals surface area contributed by atoms with E-state index in [0.29, 0.717) is 10.3 Å². The Balaban J connectivity index is 2.86. The predicted molar refractivity (Wildman–Crippen MR) is 58.3 cm³/mol. The van der Waals surface area contributed by atoms with Gasteiger partial charge in [-0.15, -0.1) is 0 Å². The molecule has 0 N–H and O–H groups in total. The summed E-state index contributed by atoms with van der Waals surface area (Å²) in [5, 5.41) is 2.48. The molecule has 0 atom stereocenters. The van der Waals surface area contributed by atoms with Gasteiger partial charge in [-0.05, 0) is 12.1 Å². The molecule has 14 heavy (non-hydrogen) atoms. The first kappa shape index (κ1) is 9.56. The van der Waals surface area contributed by atoms with Crippen molar-refractivity contribution >= 4 is 34.0 Å². The highest BCUT2D eigenvalue weighted by Crippen LogP contribution is 2.31. The minimum atomic E-state index is 0.368. The summed E-state index contributed by atoms with van der Waals surface area (Å²) < 4.78 is 5.19. The highest BCUT2D eigenvalue weighted by Gasteiger charge is 2.06. The first-order valence-corrected chi connectivity index (χ1v) is 4.76. The van der Waals surface area contributed by atoms with Crippen molar-refractivity contribution in [3.05, 3.63) is 34.6 Å². The molecule has 0 fully saturated rings. The number of nitrogens with zero attached hydrogens (tertiary/aromatic N) is 1. The lowest BCUT2D eigenvalue weighted by atomic mass is 10.1. The van der Waals surface area contributed by atoms with E-state index >= 15 is 0 Å². The van der Waals surface area contributed by atoms with E-state index < -0.39 is 0 Å². The van der Waals surface area contributed by atoms with Crippen LogP contribution in [-0.4, -0.2) is 12.1 Å². The smallest absolute Gasteiger partial charge is 0.138 e. The number of aromatic nitrogens is 1. The SMILES string of the molecule is COc1cccc2c(Cl)nc(Cl)cc12. The third kappa shape index (κ3) is 1.51. The number of pyridine rings is 1. The van der Waals surface area contributed by atoms with Crippen molar-refractivity contribution in [1.82, 2.24) is 4.98 Å². The molecule has 4 heteroatoms. The standard InChI is InChI=1S/C10H7Cl2NO/c1-14-8-4-2-3-6-7(8)5-9(11)13-10(6)12/h2-5H,1H3. The molecule has 0 aliphatic heterocycles. The van der Waals surface area contributed by atoms with Crippen molar-refractivity contribution in [2.24, 2.45) is 0 Å². The summed E-state index contributed by atoms with van der Waals surface area (Å²) in [5.41, 5.74) is 0. The maximum atomic E-state index is 5.94. The number of halogens is 2. The van der Waals surface area contributed by atoms with Gasteiger partial charge in [-0.25, -0.2) is 4.98 Å². The molecule has 0 amide bonds. The van der Waals surface area contributed by atoms with E-state index in [1.165, 1.54) is 0 Å². The van der Waals surface area contributed by atoms with Crippen molar-refractivity contribution in [2.75, 3.05) is 7.11 Å². The highest BCUT2D eigenvalue weighted by atomic mass is 35.5. The van der Waals surface area contributed by atoms with Gasteiger partial charge in [0.2, 0.25) is 0 Å². The van der Waals surface area contributed by atoms with Gasteiger partial charge in [0.15, 0.2) is 0 Å². The van der Waals surface area contributed by atoms with Gasteiger partial charge in [-0.2, -0.15) is 0 Å². The van der Waals surface area contributed by atoms with Crippen molar-refractivity contribution in [3.8, 4) is 5.75 Å².